The van der Waals surface area contributed by atoms with Gasteiger partial charge in [0.05, 0.1) is 0 Å². The quantitative estimate of drug-likeness (QED) is 0.754. The number of carbonyl (C=O) groups is 2. The molecule has 1 amide bonds. The molecule has 0 aliphatic heterocycles. The Morgan fingerprint density at radius 2 is 2.00 bits per heavy atom. The summed E-state index contributed by atoms with van der Waals surface area (Å²) in [5.74, 6) is 1.01. The third-order valence-corrected chi connectivity index (χ3v) is 2.95. The van der Waals surface area contributed by atoms with E-state index in [1.807, 2.05) is 5.82 Å². The van der Waals surface area contributed by atoms with Gasteiger partial charge in [0.1, 0.15) is 0 Å². The number of rotatable bonds is 5. The molecule has 0 fully saturated rings. The minimum atomic E-state index is -1.02. The van der Waals surface area contributed by atoms with E-state index < -0.39 is 23.7 Å². The molecular formula is C10H19NO4Se. The van der Waals surface area contributed by atoms with E-state index in [9.17, 15) is 9.59 Å². The van der Waals surface area contributed by atoms with Crippen LogP contribution in [0.15, 0.2) is 0 Å². The summed E-state index contributed by atoms with van der Waals surface area (Å²) in [5, 5.41) is 12.1. The third-order valence-electron chi connectivity index (χ3n) is 1.60. The van der Waals surface area contributed by atoms with Gasteiger partial charge < -0.3 is 0 Å². The van der Waals surface area contributed by atoms with Crippen molar-refractivity contribution in [1.82, 2.24) is 5.32 Å². The van der Waals surface area contributed by atoms with Gasteiger partial charge in [-0.15, -0.1) is 0 Å². The van der Waals surface area contributed by atoms with Gasteiger partial charge in [0.2, 0.25) is 0 Å². The number of hydrogen-bond acceptors (Lipinski definition) is 3. The van der Waals surface area contributed by atoms with Crippen molar-refractivity contribution in [2.24, 2.45) is 0 Å². The zero-order valence-corrected chi connectivity index (χ0v) is 11.8. The van der Waals surface area contributed by atoms with E-state index in [4.69, 9.17) is 9.84 Å². The fourth-order valence-corrected chi connectivity index (χ4v) is 1.93. The van der Waals surface area contributed by atoms with Crippen LogP contribution in [0.2, 0.25) is 11.1 Å². The number of ether oxygens (including phenoxy) is 1. The summed E-state index contributed by atoms with van der Waals surface area (Å²) in [6.07, 6.45) is -0.228. The van der Waals surface area contributed by atoms with Crippen molar-refractivity contribution < 1.29 is 19.4 Å². The van der Waals surface area contributed by atoms with Crippen LogP contribution < -0.4 is 5.32 Å². The summed E-state index contributed by atoms with van der Waals surface area (Å²) in [4.78, 5) is 22.2. The van der Waals surface area contributed by atoms with Crippen LogP contribution in [-0.4, -0.2) is 43.8 Å². The van der Waals surface area contributed by atoms with Gasteiger partial charge in [-0.05, 0) is 0 Å². The number of amides is 1. The number of hydrogen-bond donors (Lipinski definition) is 2. The summed E-state index contributed by atoms with van der Waals surface area (Å²) < 4.78 is 4.99. The van der Waals surface area contributed by atoms with Crippen molar-refractivity contribution in [3.8, 4) is 0 Å². The van der Waals surface area contributed by atoms with Crippen LogP contribution in [0.3, 0.4) is 0 Å². The second kappa shape index (κ2) is 6.76. The summed E-state index contributed by atoms with van der Waals surface area (Å²) >= 11 is 0.406. The van der Waals surface area contributed by atoms with Gasteiger partial charge in [0, 0.05) is 0 Å². The fraction of sp³-hybridized carbons (Fsp3) is 0.800. The Labute approximate surface area is 102 Å². The van der Waals surface area contributed by atoms with Crippen LogP contribution in [0.25, 0.3) is 0 Å². The molecule has 0 aromatic rings. The molecule has 94 valence electrons. The molecule has 0 spiro atoms. The molecule has 16 heavy (non-hydrogen) atoms. The Kier molecular flexibility index (Phi) is 6.45. The van der Waals surface area contributed by atoms with Gasteiger partial charge >= 0.3 is 102 Å². The normalized spacial score (nSPS) is 13.0. The Bertz CT molecular complexity index is 250. The molecule has 0 radical (unpaired) electrons. The molecular weight excluding hydrogens is 277 g/mol. The van der Waals surface area contributed by atoms with Crippen LogP contribution in [0.4, 0.5) is 4.79 Å². The molecule has 0 saturated heterocycles. The first-order valence-electron chi connectivity index (χ1n) is 4.97. The van der Waals surface area contributed by atoms with Crippen LogP contribution in [-0.2, 0) is 9.53 Å². The van der Waals surface area contributed by atoms with E-state index >= 15 is 0 Å². The monoisotopic (exact) mass is 297 g/mol. The minimum absolute atomic E-state index is 0.406. The van der Waals surface area contributed by atoms with Crippen LogP contribution >= 0.6 is 0 Å². The van der Waals surface area contributed by atoms with Gasteiger partial charge in [-0.25, -0.2) is 0 Å². The molecule has 0 aliphatic rings. The molecule has 6 heteroatoms. The van der Waals surface area contributed by atoms with E-state index in [1.54, 1.807) is 20.8 Å². The molecule has 0 heterocycles. The number of carboxylic acids is 1. The van der Waals surface area contributed by atoms with Crippen molar-refractivity contribution in [1.29, 1.82) is 0 Å². The van der Waals surface area contributed by atoms with Crippen LogP contribution in [0.5, 0.6) is 0 Å². The van der Waals surface area contributed by atoms with Crippen molar-refractivity contribution in [2.45, 2.75) is 50.0 Å². The number of nitrogens with one attached hydrogen (secondary N) is 1. The third kappa shape index (κ3) is 7.54. The van der Waals surface area contributed by atoms with Gasteiger partial charge in [0.15, 0.2) is 0 Å². The average molecular weight is 296 g/mol. The zero-order valence-electron chi connectivity index (χ0n) is 10.1. The standard InChI is InChI=1S/C10H19NO4Se/c1-10(2,3)15-9(14)11-7(8(12)13)5-6-16-4/h7H,5-6H2,1-4H3,(H,11,14)(H,12,13)/t7-/m0/s1. The van der Waals surface area contributed by atoms with Crippen molar-refractivity contribution in [3.05, 3.63) is 0 Å². The van der Waals surface area contributed by atoms with E-state index in [1.165, 1.54) is 0 Å². The Morgan fingerprint density at radius 3 is 2.38 bits per heavy atom. The molecule has 0 unspecified atom stereocenters. The maximum atomic E-state index is 11.3. The Balaban J connectivity index is 4.19. The molecule has 0 aromatic carbocycles. The van der Waals surface area contributed by atoms with Gasteiger partial charge in [-0.1, -0.05) is 0 Å². The van der Waals surface area contributed by atoms with Gasteiger partial charge in [-0.3, -0.25) is 0 Å². The molecule has 5 nitrogen and oxygen atoms in total. The first-order valence-corrected chi connectivity index (χ1v) is 7.90. The molecule has 1 atom stereocenters. The first kappa shape index (κ1) is 15.3. The summed E-state index contributed by atoms with van der Waals surface area (Å²) in [6.45, 7) is 5.20. The number of carbonyl (C=O) groups excluding carboxylic acids is 1. The van der Waals surface area contributed by atoms with E-state index in [0.717, 1.165) is 5.32 Å². The first-order chi connectivity index (χ1) is 7.26. The molecule has 0 rings (SSSR count). The van der Waals surface area contributed by atoms with Crippen molar-refractivity contribution in [2.75, 3.05) is 0 Å². The summed E-state index contributed by atoms with van der Waals surface area (Å²) in [5.41, 5.74) is -0.609. The van der Waals surface area contributed by atoms with E-state index in [-0.39, 0.29) is 0 Å². The molecule has 0 saturated carbocycles. The topological polar surface area (TPSA) is 75.6 Å². The van der Waals surface area contributed by atoms with Crippen LogP contribution in [0.1, 0.15) is 27.2 Å². The second-order valence-corrected chi connectivity index (χ2v) is 6.39. The number of alkyl carbamates (subject to hydrolysis) is 1. The Hall–Kier alpha value is -0.741. The van der Waals surface area contributed by atoms with E-state index in [2.05, 4.69) is 5.32 Å². The van der Waals surface area contributed by atoms with Gasteiger partial charge in [0.25, 0.3) is 0 Å². The number of carboxylic acid groups (broad SMARTS) is 1. The van der Waals surface area contributed by atoms with Crippen molar-refractivity contribution in [3.63, 3.8) is 0 Å². The SMILES string of the molecule is C[Se]CC[C@H](NC(=O)OC(C)(C)C)C(=O)O. The number of aliphatic carboxylic acids is 1. The molecule has 0 aliphatic carbocycles. The molecule has 0 bridgehead atoms. The predicted octanol–water partition coefficient (Wildman–Crippen LogP) is 1.53. The fourth-order valence-electron chi connectivity index (χ4n) is 0.943. The van der Waals surface area contributed by atoms with E-state index in [0.29, 0.717) is 21.4 Å². The van der Waals surface area contributed by atoms with Crippen LogP contribution in [0, 0.1) is 0 Å². The molecule has 2 N–H and O–H groups in total. The predicted molar refractivity (Wildman–Crippen MR) is 61.8 cm³/mol. The average Bonchev–Trinajstić information content (AvgIpc) is 2.08. The molecule has 0 aromatic heterocycles. The zero-order chi connectivity index (χ0) is 12.8. The second-order valence-electron chi connectivity index (χ2n) is 4.32. The van der Waals surface area contributed by atoms with Crippen molar-refractivity contribution >= 4 is 27.0 Å². The van der Waals surface area contributed by atoms with Gasteiger partial charge in [-0.2, -0.15) is 0 Å². The Morgan fingerprint density at radius 1 is 1.44 bits per heavy atom. The summed E-state index contributed by atoms with van der Waals surface area (Å²) in [7, 11) is 0. The summed E-state index contributed by atoms with van der Waals surface area (Å²) in [6, 6.07) is -0.850. The maximum absolute atomic E-state index is 11.3.